The van der Waals surface area contributed by atoms with E-state index < -0.39 is 5.56 Å². The van der Waals surface area contributed by atoms with Crippen LogP contribution in [0.25, 0.3) is 21.8 Å². The maximum Gasteiger partial charge on any atom is 0.295 e. The zero-order valence-electron chi connectivity index (χ0n) is 12.2. The first-order valence-corrected chi connectivity index (χ1v) is 7.85. The highest BCUT2D eigenvalue weighted by atomic mass is 32.1. The molecule has 2 heterocycles. The van der Waals surface area contributed by atoms with Crippen molar-refractivity contribution in [3.63, 3.8) is 0 Å². The molecular weight excluding hydrogens is 310 g/mol. The van der Waals surface area contributed by atoms with Crippen molar-refractivity contribution in [1.29, 1.82) is 0 Å². The first-order valence-electron chi connectivity index (χ1n) is 7.03. The molecule has 23 heavy (non-hydrogen) atoms. The van der Waals surface area contributed by atoms with Gasteiger partial charge in [0.1, 0.15) is 5.69 Å². The van der Waals surface area contributed by atoms with Gasteiger partial charge in [0, 0.05) is 0 Å². The van der Waals surface area contributed by atoms with E-state index in [4.69, 9.17) is 0 Å². The van der Waals surface area contributed by atoms with Crippen molar-refractivity contribution in [2.75, 3.05) is 0 Å². The fourth-order valence-corrected chi connectivity index (χ4v) is 3.40. The molecule has 2 aromatic heterocycles. The van der Waals surface area contributed by atoms with E-state index in [9.17, 15) is 9.59 Å². The lowest BCUT2D eigenvalue weighted by atomic mass is 10.0. The van der Waals surface area contributed by atoms with Gasteiger partial charge in [0.05, 0.1) is 4.53 Å². The summed E-state index contributed by atoms with van der Waals surface area (Å²) in [7, 11) is 0. The first kappa shape index (κ1) is 13.8. The van der Waals surface area contributed by atoms with Gasteiger partial charge in [0.2, 0.25) is 4.96 Å². The summed E-state index contributed by atoms with van der Waals surface area (Å²) in [5, 5.41) is 6.19. The largest absolute Gasteiger partial charge is 0.295 e. The number of hydrogen-bond donors (Lipinski definition) is 0. The molecule has 0 N–H and O–H groups in total. The Balaban J connectivity index is 2.05. The summed E-state index contributed by atoms with van der Waals surface area (Å²) in [6, 6.07) is 13.9. The summed E-state index contributed by atoms with van der Waals surface area (Å²) in [6.45, 7) is 1.55. The van der Waals surface area contributed by atoms with E-state index in [0.29, 0.717) is 9.49 Å². The molecule has 6 heteroatoms. The number of nitrogens with zero attached hydrogens (tertiary/aromatic N) is 3. The van der Waals surface area contributed by atoms with E-state index in [0.717, 1.165) is 16.3 Å². The fraction of sp³-hybridized carbons (Fsp3) is 0.0588. The normalized spacial score (nSPS) is 12.3. The minimum absolute atomic E-state index is 0.217. The predicted molar refractivity (Wildman–Crippen MR) is 90.9 cm³/mol. The Bertz CT molecular complexity index is 1220. The summed E-state index contributed by atoms with van der Waals surface area (Å²) in [5.74, 6) is 0. The Morgan fingerprint density at radius 1 is 1.09 bits per heavy atom. The SMILES string of the molecule is Cc1nn2c(=O)/c(=C/c3cccc4ccccc34)sc2nc1=O. The molecule has 0 bridgehead atoms. The molecular formula is C17H11N3O2S. The molecule has 0 aliphatic rings. The zero-order chi connectivity index (χ0) is 16.0. The van der Waals surface area contributed by atoms with Gasteiger partial charge in [0.25, 0.3) is 11.1 Å². The Labute approximate surface area is 134 Å². The summed E-state index contributed by atoms with van der Waals surface area (Å²) in [4.78, 5) is 28.3. The van der Waals surface area contributed by atoms with Gasteiger partial charge in [-0.2, -0.15) is 14.6 Å². The molecule has 4 rings (SSSR count). The molecule has 0 aliphatic heterocycles. The van der Waals surface area contributed by atoms with Gasteiger partial charge in [0.15, 0.2) is 0 Å². The van der Waals surface area contributed by atoms with E-state index in [-0.39, 0.29) is 11.3 Å². The predicted octanol–water partition coefficient (Wildman–Crippen LogP) is 1.52. The van der Waals surface area contributed by atoms with Gasteiger partial charge in [-0.3, -0.25) is 9.59 Å². The standard InChI is InChI=1S/C17H11N3O2S/c1-10-15(21)18-17-20(19-10)16(22)14(23-17)9-12-7-4-6-11-5-2-3-8-13(11)12/h2-9H,1H3/b14-9-. The molecule has 0 amide bonds. The highest BCUT2D eigenvalue weighted by Crippen LogP contribution is 2.18. The van der Waals surface area contributed by atoms with Crippen molar-refractivity contribution in [1.82, 2.24) is 14.6 Å². The van der Waals surface area contributed by atoms with Crippen molar-refractivity contribution >= 4 is 33.1 Å². The molecule has 0 spiro atoms. The molecule has 4 aromatic rings. The second-order valence-electron chi connectivity index (χ2n) is 5.18. The number of aryl methyl sites for hydroxylation is 1. The molecule has 0 atom stereocenters. The summed E-state index contributed by atoms with van der Waals surface area (Å²) in [6.07, 6.45) is 1.82. The van der Waals surface area contributed by atoms with Crippen LogP contribution in [0.4, 0.5) is 0 Å². The van der Waals surface area contributed by atoms with E-state index in [1.54, 1.807) is 6.92 Å². The van der Waals surface area contributed by atoms with E-state index in [1.807, 2.05) is 48.5 Å². The van der Waals surface area contributed by atoms with Gasteiger partial charge < -0.3 is 0 Å². The van der Waals surface area contributed by atoms with Gasteiger partial charge in [-0.25, -0.2) is 0 Å². The van der Waals surface area contributed by atoms with Crippen LogP contribution in [0.5, 0.6) is 0 Å². The van der Waals surface area contributed by atoms with Gasteiger partial charge in [-0.15, -0.1) is 0 Å². The monoisotopic (exact) mass is 321 g/mol. The number of thiazole rings is 1. The van der Waals surface area contributed by atoms with Crippen LogP contribution >= 0.6 is 11.3 Å². The smallest absolute Gasteiger partial charge is 0.266 e. The lowest BCUT2D eigenvalue weighted by Crippen LogP contribution is -2.27. The Morgan fingerprint density at radius 3 is 2.74 bits per heavy atom. The fourth-order valence-electron chi connectivity index (χ4n) is 2.50. The Morgan fingerprint density at radius 2 is 1.87 bits per heavy atom. The van der Waals surface area contributed by atoms with Crippen LogP contribution in [0.2, 0.25) is 0 Å². The molecule has 0 saturated carbocycles. The van der Waals surface area contributed by atoms with Crippen LogP contribution in [0.3, 0.4) is 0 Å². The molecule has 0 unspecified atom stereocenters. The topological polar surface area (TPSA) is 64.3 Å². The quantitative estimate of drug-likeness (QED) is 0.533. The van der Waals surface area contributed by atoms with Gasteiger partial charge in [-0.1, -0.05) is 53.8 Å². The second-order valence-corrected chi connectivity index (χ2v) is 6.19. The third-order valence-electron chi connectivity index (χ3n) is 3.65. The zero-order valence-corrected chi connectivity index (χ0v) is 13.0. The first-order chi connectivity index (χ1) is 11.1. The summed E-state index contributed by atoms with van der Waals surface area (Å²) >= 11 is 1.17. The van der Waals surface area contributed by atoms with Crippen molar-refractivity contribution < 1.29 is 0 Å². The highest BCUT2D eigenvalue weighted by Gasteiger charge is 2.08. The Kier molecular flexibility index (Phi) is 3.06. The van der Waals surface area contributed by atoms with E-state index in [2.05, 4.69) is 10.1 Å². The van der Waals surface area contributed by atoms with Crippen molar-refractivity contribution in [2.24, 2.45) is 0 Å². The third-order valence-corrected chi connectivity index (χ3v) is 4.61. The minimum atomic E-state index is -0.400. The summed E-state index contributed by atoms with van der Waals surface area (Å²) in [5.41, 5.74) is 0.511. The second kappa shape index (κ2) is 5.10. The maximum absolute atomic E-state index is 12.5. The van der Waals surface area contributed by atoms with E-state index in [1.165, 1.54) is 15.9 Å². The van der Waals surface area contributed by atoms with Crippen LogP contribution in [0, 0.1) is 6.92 Å². The Hall–Kier alpha value is -2.86. The molecule has 0 saturated heterocycles. The van der Waals surface area contributed by atoms with Crippen molar-refractivity contribution in [3.05, 3.63) is 79.0 Å². The average Bonchev–Trinajstić information content (AvgIpc) is 2.84. The van der Waals surface area contributed by atoms with Crippen LogP contribution in [-0.2, 0) is 0 Å². The maximum atomic E-state index is 12.5. The lowest BCUT2D eigenvalue weighted by Gasteiger charge is -2.00. The number of rotatable bonds is 1. The van der Waals surface area contributed by atoms with Crippen LogP contribution in [-0.4, -0.2) is 14.6 Å². The molecule has 2 aromatic carbocycles. The average molecular weight is 321 g/mol. The van der Waals surface area contributed by atoms with Gasteiger partial charge in [-0.05, 0) is 29.3 Å². The molecule has 112 valence electrons. The van der Waals surface area contributed by atoms with Crippen LogP contribution in [0.15, 0.2) is 52.1 Å². The molecule has 0 radical (unpaired) electrons. The lowest BCUT2D eigenvalue weighted by molar-refractivity contribution is 0.833. The minimum Gasteiger partial charge on any atom is -0.266 e. The van der Waals surface area contributed by atoms with Crippen molar-refractivity contribution in [2.45, 2.75) is 6.92 Å². The summed E-state index contributed by atoms with van der Waals surface area (Å²) < 4.78 is 1.70. The molecule has 0 fully saturated rings. The third kappa shape index (κ3) is 2.24. The number of aromatic nitrogens is 3. The molecule has 0 aliphatic carbocycles. The van der Waals surface area contributed by atoms with Crippen LogP contribution in [0.1, 0.15) is 11.3 Å². The highest BCUT2D eigenvalue weighted by molar-refractivity contribution is 7.15. The van der Waals surface area contributed by atoms with Crippen LogP contribution < -0.4 is 15.7 Å². The van der Waals surface area contributed by atoms with Gasteiger partial charge >= 0.3 is 0 Å². The molecule has 5 nitrogen and oxygen atoms in total. The number of hydrogen-bond acceptors (Lipinski definition) is 5. The number of benzene rings is 2. The number of fused-ring (bicyclic) bond motifs is 2. The van der Waals surface area contributed by atoms with Crippen molar-refractivity contribution in [3.8, 4) is 0 Å². The van der Waals surface area contributed by atoms with E-state index >= 15 is 0 Å².